The quantitative estimate of drug-likeness (QED) is 0.578. The van der Waals surface area contributed by atoms with Gasteiger partial charge in [-0.25, -0.2) is 9.18 Å². The van der Waals surface area contributed by atoms with Gasteiger partial charge in [-0.05, 0) is 92.4 Å². The molecule has 1 aliphatic carbocycles. The Bertz CT molecular complexity index is 1260. The lowest BCUT2D eigenvalue weighted by molar-refractivity contribution is 0.0215. The fourth-order valence-electron chi connectivity index (χ4n) is 4.47. The van der Waals surface area contributed by atoms with E-state index in [4.69, 9.17) is 4.74 Å². The average molecular weight is 467 g/mol. The van der Waals surface area contributed by atoms with Gasteiger partial charge < -0.3 is 14.4 Å². The number of fused-ring (bicyclic) bond motifs is 2. The maximum atomic E-state index is 13.4. The van der Waals surface area contributed by atoms with Crippen molar-refractivity contribution in [2.24, 2.45) is 0 Å². The molecule has 0 spiro atoms. The van der Waals surface area contributed by atoms with E-state index in [9.17, 15) is 19.1 Å². The molecule has 0 bridgehead atoms. The Morgan fingerprint density at radius 2 is 1.76 bits per heavy atom. The number of hydrogen-bond donors (Lipinski definition) is 1. The predicted molar refractivity (Wildman–Crippen MR) is 129 cm³/mol. The van der Waals surface area contributed by atoms with E-state index in [0.29, 0.717) is 5.56 Å². The van der Waals surface area contributed by atoms with Crippen molar-refractivity contribution >= 4 is 17.0 Å². The number of aryl methyl sites for hydroxylation is 2. The smallest absolute Gasteiger partial charge is 0.410 e. The minimum Gasteiger partial charge on any atom is -0.444 e. The molecule has 1 aromatic heterocycles. The van der Waals surface area contributed by atoms with E-state index in [1.807, 2.05) is 6.07 Å². The van der Waals surface area contributed by atoms with E-state index >= 15 is 0 Å². The fourth-order valence-corrected chi connectivity index (χ4v) is 4.47. The van der Waals surface area contributed by atoms with Crippen LogP contribution in [-0.2, 0) is 37.2 Å². The first-order chi connectivity index (χ1) is 16.1. The highest BCUT2D eigenvalue weighted by atomic mass is 19.1. The van der Waals surface area contributed by atoms with Crippen LogP contribution in [0.4, 0.5) is 9.18 Å². The second kappa shape index (κ2) is 9.58. The summed E-state index contributed by atoms with van der Waals surface area (Å²) in [6.45, 7) is 5.55. The molecule has 1 N–H and O–H groups in total. The maximum absolute atomic E-state index is 13.4. The van der Waals surface area contributed by atoms with Crippen LogP contribution in [0.5, 0.6) is 0 Å². The summed E-state index contributed by atoms with van der Waals surface area (Å²) in [7, 11) is 0. The van der Waals surface area contributed by atoms with Crippen LogP contribution in [0.2, 0.25) is 0 Å². The summed E-state index contributed by atoms with van der Waals surface area (Å²) in [5, 5.41) is 10.5. The molecule has 2 aromatic carbocycles. The normalized spacial score (nSPS) is 13.2. The topological polar surface area (TPSA) is 71.8 Å². The highest BCUT2D eigenvalue weighted by Gasteiger charge is 2.24. The van der Waals surface area contributed by atoms with Crippen LogP contribution in [0.1, 0.15) is 49.4 Å². The van der Waals surface area contributed by atoms with Crippen molar-refractivity contribution in [2.45, 2.75) is 65.3 Å². The molecule has 1 aliphatic rings. The Hall–Kier alpha value is -3.19. The van der Waals surface area contributed by atoms with Gasteiger partial charge in [0.15, 0.2) is 0 Å². The van der Waals surface area contributed by atoms with Gasteiger partial charge in [-0.2, -0.15) is 0 Å². The number of carbonyl (C=O) groups is 1. The highest BCUT2D eigenvalue weighted by Crippen LogP contribution is 2.28. The number of benzene rings is 2. The first kappa shape index (κ1) is 24.0. The van der Waals surface area contributed by atoms with E-state index in [1.165, 1.54) is 28.2 Å². The molecule has 0 fully saturated rings. The molecule has 0 atom stereocenters. The van der Waals surface area contributed by atoms with E-state index < -0.39 is 11.7 Å². The zero-order chi connectivity index (χ0) is 24.5. The number of rotatable bonds is 6. The maximum Gasteiger partial charge on any atom is 0.410 e. The molecule has 6 nitrogen and oxygen atoms in total. The predicted octanol–water partition coefficient (Wildman–Crippen LogP) is 4.56. The van der Waals surface area contributed by atoms with Crippen molar-refractivity contribution in [1.82, 2.24) is 9.47 Å². The molecule has 0 saturated carbocycles. The van der Waals surface area contributed by atoms with Gasteiger partial charge in [0.05, 0.1) is 18.7 Å². The number of hydrogen-bond acceptors (Lipinski definition) is 4. The van der Waals surface area contributed by atoms with Gasteiger partial charge in [0.1, 0.15) is 11.4 Å². The molecule has 1 amide bonds. The summed E-state index contributed by atoms with van der Waals surface area (Å²) in [4.78, 5) is 27.9. The molecule has 34 heavy (non-hydrogen) atoms. The van der Waals surface area contributed by atoms with Crippen molar-refractivity contribution < 1.29 is 19.0 Å². The Morgan fingerprint density at radius 3 is 2.41 bits per heavy atom. The number of aliphatic hydroxyl groups excluding tert-OH is 1. The van der Waals surface area contributed by atoms with Crippen LogP contribution >= 0.6 is 0 Å². The van der Waals surface area contributed by atoms with Crippen LogP contribution < -0.4 is 5.56 Å². The number of aliphatic hydroxyl groups is 1. The van der Waals surface area contributed by atoms with Gasteiger partial charge in [0.25, 0.3) is 5.56 Å². The van der Waals surface area contributed by atoms with Gasteiger partial charge >= 0.3 is 6.09 Å². The summed E-state index contributed by atoms with van der Waals surface area (Å²) < 4.78 is 20.6. The highest BCUT2D eigenvalue weighted by molar-refractivity contribution is 5.82. The fraction of sp³-hybridized carbons (Fsp3) is 0.407. The molecule has 7 heteroatoms. The molecule has 0 radical (unpaired) electrons. The van der Waals surface area contributed by atoms with E-state index in [2.05, 4.69) is 12.1 Å². The molecule has 0 aliphatic heterocycles. The number of halogens is 1. The number of aromatic nitrogens is 1. The monoisotopic (exact) mass is 466 g/mol. The molecular weight excluding hydrogens is 435 g/mol. The second-order valence-electron chi connectivity index (χ2n) is 9.85. The van der Waals surface area contributed by atoms with E-state index in [-0.39, 0.29) is 37.6 Å². The third-order valence-corrected chi connectivity index (χ3v) is 6.00. The van der Waals surface area contributed by atoms with Crippen molar-refractivity contribution in [1.29, 1.82) is 0 Å². The Balaban J connectivity index is 1.75. The number of nitrogens with zero attached hydrogens (tertiary/aromatic N) is 2. The van der Waals surface area contributed by atoms with Crippen LogP contribution in [0, 0.1) is 5.82 Å². The van der Waals surface area contributed by atoms with Crippen LogP contribution in [0.25, 0.3) is 10.9 Å². The molecular formula is C27H31FN2O4. The minimum absolute atomic E-state index is 0.0313. The third kappa shape index (κ3) is 5.30. The largest absolute Gasteiger partial charge is 0.444 e. The lowest BCUT2D eigenvalue weighted by Gasteiger charge is -2.28. The second-order valence-corrected chi connectivity index (χ2v) is 9.85. The van der Waals surface area contributed by atoms with Gasteiger partial charge in [-0.3, -0.25) is 9.69 Å². The van der Waals surface area contributed by atoms with Crippen molar-refractivity contribution in [3.05, 3.63) is 80.9 Å². The Labute approximate surface area is 198 Å². The zero-order valence-electron chi connectivity index (χ0n) is 19.9. The first-order valence-electron chi connectivity index (χ1n) is 11.7. The first-order valence-corrected chi connectivity index (χ1v) is 11.7. The van der Waals surface area contributed by atoms with Gasteiger partial charge in [0.2, 0.25) is 0 Å². The molecule has 180 valence electrons. The Kier molecular flexibility index (Phi) is 6.75. The van der Waals surface area contributed by atoms with Gasteiger partial charge in [-0.1, -0.05) is 12.1 Å². The minimum atomic E-state index is -0.709. The number of ether oxygens (including phenoxy) is 1. The van der Waals surface area contributed by atoms with E-state index in [0.717, 1.165) is 35.7 Å². The molecule has 3 aromatic rings. The van der Waals surface area contributed by atoms with Crippen LogP contribution in [0.15, 0.2) is 47.3 Å². The number of carbonyl (C=O) groups excluding carboxylic acids is 1. The average Bonchev–Trinajstić information content (AvgIpc) is 3.22. The molecule has 1 heterocycles. The molecule has 0 saturated heterocycles. The number of amides is 1. The van der Waals surface area contributed by atoms with Crippen molar-refractivity contribution in [3.8, 4) is 0 Å². The molecule has 0 unspecified atom stereocenters. The van der Waals surface area contributed by atoms with E-state index in [1.54, 1.807) is 37.5 Å². The zero-order valence-corrected chi connectivity index (χ0v) is 19.9. The standard InChI is InChI=1S/C27H31FN2O4/c1-27(2,3)34-26(33)29(16-18-7-9-23(28)10-8-18)17-22-14-21-13-19-5-4-6-20(19)15-24(21)30(11-12-31)25(22)32/h7-10,13-15,31H,4-6,11-12,16-17H2,1-3H3. The lowest BCUT2D eigenvalue weighted by Crippen LogP contribution is -2.38. The lowest BCUT2D eigenvalue weighted by atomic mass is 10.0. The van der Waals surface area contributed by atoms with Crippen LogP contribution in [0.3, 0.4) is 0 Å². The van der Waals surface area contributed by atoms with Crippen molar-refractivity contribution in [3.63, 3.8) is 0 Å². The van der Waals surface area contributed by atoms with Crippen LogP contribution in [-0.4, -0.2) is 32.9 Å². The van der Waals surface area contributed by atoms with Gasteiger partial charge in [-0.15, -0.1) is 0 Å². The third-order valence-electron chi connectivity index (χ3n) is 6.00. The molecule has 4 rings (SSSR count). The summed E-state index contributed by atoms with van der Waals surface area (Å²) in [6, 6.07) is 11.9. The SMILES string of the molecule is CC(C)(C)OC(=O)N(Cc1ccc(F)cc1)Cc1cc2cc3c(cc2n(CCO)c1=O)CCC3. The Morgan fingerprint density at radius 1 is 1.09 bits per heavy atom. The summed E-state index contributed by atoms with van der Waals surface area (Å²) >= 11 is 0. The van der Waals surface area contributed by atoms with Crippen molar-refractivity contribution in [2.75, 3.05) is 6.61 Å². The number of pyridine rings is 1. The summed E-state index contributed by atoms with van der Waals surface area (Å²) in [5.74, 6) is -0.360. The van der Waals surface area contributed by atoms with Gasteiger partial charge in [0, 0.05) is 18.7 Å². The summed E-state index contributed by atoms with van der Waals surface area (Å²) in [6.07, 6.45) is 2.53. The summed E-state index contributed by atoms with van der Waals surface area (Å²) in [5.41, 5.74) is 3.53.